The second-order valence-electron chi connectivity index (χ2n) is 6.70. The highest BCUT2D eigenvalue weighted by atomic mass is 35.5. The maximum absolute atomic E-state index is 12.7. The lowest BCUT2D eigenvalue weighted by atomic mass is 10.1. The van der Waals surface area contributed by atoms with E-state index in [1.54, 1.807) is 53.4 Å². The molecule has 0 saturated carbocycles. The lowest BCUT2D eigenvalue weighted by Crippen LogP contribution is -2.38. The number of rotatable bonds is 5. The number of nitrogens with zero attached hydrogens (tertiary/aromatic N) is 1. The maximum atomic E-state index is 12.7. The Kier molecular flexibility index (Phi) is 5.59. The molecule has 0 aliphatic carbocycles. The first kappa shape index (κ1) is 19.8. The van der Waals surface area contributed by atoms with Crippen molar-refractivity contribution in [3.63, 3.8) is 0 Å². The molecule has 0 unspecified atom stereocenters. The van der Waals surface area contributed by atoms with Crippen LogP contribution in [0.3, 0.4) is 0 Å². The lowest BCUT2D eigenvalue weighted by molar-refractivity contribution is -0.121. The van der Waals surface area contributed by atoms with Gasteiger partial charge in [-0.25, -0.2) is 0 Å². The summed E-state index contributed by atoms with van der Waals surface area (Å²) >= 11 is 6.28. The normalized spacial score (nSPS) is 12.7. The van der Waals surface area contributed by atoms with Crippen LogP contribution in [0.2, 0.25) is 5.02 Å². The first-order valence-corrected chi connectivity index (χ1v) is 9.69. The van der Waals surface area contributed by atoms with E-state index in [4.69, 9.17) is 21.1 Å². The Morgan fingerprint density at radius 3 is 2.70 bits per heavy atom. The van der Waals surface area contributed by atoms with E-state index < -0.39 is 0 Å². The molecule has 3 aromatic rings. The van der Waals surface area contributed by atoms with Crippen molar-refractivity contribution in [2.24, 2.45) is 0 Å². The molecule has 0 spiro atoms. The summed E-state index contributed by atoms with van der Waals surface area (Å²) in [6.07, 6.45) is 0. The van der Waals surface area contributed by atoms with Crippen molar-refractivity contribution in [3.05, 3.63) is 82.9 Å². The van der Waals surface area contributed by atoms with Gasteiger partial charge in [0.2, 0.25) is 0 Å². The number of halogens is 1. The zero-order chi connectivity index (χ0) is 21.1. The Morgan fingerprint density at radius 2 is 1.90 bits per heavy atom. The molecular formula is C23H19ClN2O4. The monoisotopic (exact) mass is 422 g/mol. The predicted molar refractivity (Wildman–Crippen MR) is 116 cm³/mol. The zero-order valence-corrected chi connectivity index (χ0v) is 17.0. The molecule has 0 radical (unpaired) electrons. The predicted octanol–water partition coefficient (Wildman–Crippen LogP) is 4.53. The zero-order valence-electron chi connectivity index (χ0n) is 16.2. The van der Waals surface area contributed by atoms with Crippen LogP contribution in [0.1, 0.15) is 15.9 Å². The van der Waals surface area contributed by atoms with Crippen LogP contribution >= 0.6 is 11.6 Å². The molecule has 152 valence electrons. The number of hydrogen-bond donors (Lipinski definition) is 1. The molecule has 0 saturated heterocycles. The van der Waals surface area contributed by atoms with Crippen LogP contribution in [0, 0.1) is 0 Å². The molecule has 1 N–H and O–H groups in total. The van der Waals surface area contributed by atoms with Crippen LogP contribution in [0.4, 0.5) is 11.4 Å². The van der Waals surface area contributed by atoms with Gasteiger partial charge in [0.05, 0.1) is 24.9 Å². The Bertz CT molecular complexity index is 1120. The number of para-hydroxylation sites is 1. The van der Waals surface area contributed by atoms with Crippen LogP contribution in [0.5, 0.6) is 11.5 Å². The third-order valence-corrected chi connectivity index (χ3v) is 5.17. The highest BCUT2D eigenvalue weighted by molar-refractivity contribution is 6.31. The standard InChI is InChI=1S/C23H19ClN2O4/c1-29-20-9-5-3-7-17(20)23(28)25-16-10-11-21-19(12-16)26(22(27)14-30-21)13-15-6-2-4-8-18(15)24/h2-12H,13-14H2,1H3,(H,25,28). The Balaban J connectivity index is 1.63. The van der Waals surface area contributed by atoms with E-state index in [2.05, 4.69) is 5.32 Å². The van der Waals surface area contributed by atoms with Crippen molar-refractivity contribution >= 4 is 34.8 Å². The minimum Gasteiger partial charge on any atom is -0.496 e. The van der Waals surface area contributed by atoms with Gasteiger partial charge in [-0.1, -0.05) is 41.9 Å². The number of nitrogens with one attached hydrogen (secondary N) is 1. The number of amides is 2. The molecule has 6 nitrogen and oxygen atoms in total. The quantitative estimate of drug-likeness (QED) is 0.656. The molecule has 3 aromatic carbocycles. The largest absolute Gasteiger partial charge is 0.496 e. The van der Waals surface area contributed by atoms with E-state index in [0.717, 1.165) is 5.56 Å². The minimum absolute atomic E-state index is 0.0512. The number of ether oxygens (including phenoxy) is 2. The second kappa shape index (κ2) is 8.47. The second-order valence-corrected chi connectivity index (χ2v) is 7.10. The molecule has 0 fully saturated rings. The Morgan fingerprint density at radius 1 is 1.13 bits per heavy atom. The van der Waals surface area contributed by atoms with Gasteiger partial charge in [-0.3, -0.25) is 9.59 Å². The topological polar surface area (TPSA) is 67.9 Å². The molecule has 1 aliphatic heterocycles. The summed E-state index contributed by atoms with van der Waals surface area (Å²) in [5.41, 5.74) is 2.35. The van der Waals surface area contributed by atoms with Crippen LogP contribution in [0.15, 0.2) is 66.7 Å². The number of fused-ring (bicyclic) bond motifs is 1. The van der Waals surface area contributed by atoms with E-state index in [0.29, 0.717) is 40.0 Å². The smallest absolute Gasteiger partial charge is 0.265 e. The fourth-order valence-corrected chi connectivity index (χ4v) is 3.48. The lowest BCUT2D eigenvalue weighted by Gasteiger charge is -2.30. The first-order valence-electron chi connectivity index (χ1n) is 9.32. The average Bonchev–Trinajstić information content (AvgIpc) is 2.77. The van der Waals surface area contributed by atoms with Gasteiger partial charge in [-0.05, 0) is 42.0 Å². The van der Waals surface area contributed by atoms with Gasteiger partial charge in [-0.2, -0.15) is 0 Å². The highest BCUT2D eigenvalue weighted by Crippen LogP contribution is 2.36. The molecular weight excluding hydrogens is 404 g/mol. The molecule has 1 heterocycles. The Labute approximate surface area is 179 Å². The third kappa shape index (κ3) is 3.95. The molecule has 0 aromatic heterocycles. The summed E-state index contributed by atoms with van der Waals surface area (Å²) in [5.74, 6) is 0.549. The highest BCUT2D eigenvalue weighted by Gasteiger charge is 2.27. The van der Waals surface area contributed by atoms with Crippen LogP contribution in [0.25, 0.3) is 0 Å². The van der Waals surface area contributed by atoms with E-state index in [1.165, 1.54) is 7.11 Å². The number of methoxy groups -OCH3 is 1. The number of benzene rings is 3. The number of carbonyl (C=O) groups excluding carboxylic acids is 2. The molecule has 7 heteroatoms. The minimum atomic E-state index is -0.312. The molecule has 1 aliphatic rings. The Hall–Kier alpha value is -3.51. The maximum Gasteiger partial charge on any atom is 0.265 e. The van der Waals surface area contributed by atoms with Crippen LogP contribution in [-0.2, 0) is 11.3 Å². The van der Waals surface area contributed by atoms with E-state index in [9.17, 15) is 9.59 Å². The van der Waals surface area contributed by atoms with Crippen molar-refractivity contribution in [1.29, 1.82) is 0 Å². The summed E-state index contributed by atoms with van der Waals surface area (Å²) < 4.78 is 10.8. The summed E-state index contributed by atoms with van der Waals surface area (Å²) in [4.78, 5) is 26.9. The van der Waals surface area contributed by atoms with Gasteiger partial charge in [0.25, 0.3) is 11.8 Å². The fourth-order valence-electron chi connectivity index (χ4n) is 3.28. The fraction of sp³-hybridized carbons (Fsp3) is 0.130. The van der Waals surface area contributed by atoms with E-state index >= 15 is 0 Å². The number of hydrogen-bond acceptors (Lipinski definition) is 4. The summed E-state index contributed by atoms with van der Waals surface area (Å²) in [7, 11) is 1.51. The molecule has 0 atom stereocenters. The van der Waals surface area contributed by atoms with Gasteiger partial charge in [0.15, 0.2) is 6.61 Å². The van der Waals surface area contributed by atoms with E-state index in [-0.39, 0.29) is 18.4 Å². The van der Waals surface area contributed by atoms with Gasteiger partial charge in [-0.15, -0.1) is 0 Å². The number of carbonyl (C=O) groups is 2. The van der Waals surface area contributed by atoms with Gasteiger partial charge in [0.1, 0.15) is 11.5 Å². The van der Waals surface area contributed by atoms with Crippen molar-refractivity contribution in [2.45, 2.75) is 6.54 Å². The average molecular weight is 423 g/mol. The van der Waals surface area contributed by atoms with Crippen molar-refractivity contribution in [2.75, 3.05) is 23.9 Å². The van der Waals surface area contributed by atoms with E-state index in [1.807, 2.05) is 18.2 Å². The summed E-state index contributed by atoms with van der Waals surface area (Å²) in [6, 6.07) is 19.5. The first-order chi connectivity index (χ1) is 14.6. The van der Waals surface area contributed by atoms with Gasteiger partial charge >= 0.3 is 0 Å². The summed E-state index contributed by atoms with van der Waals surface area (Å²) in [6.45, 7) is 0.253. The SMILES string of the molecule is COc1ccccc1C(=O)Nc1ccc2c(c1)N(Cc1ccccc1Cl)C(=O)CO2. The van der Waals surface area contributed by atoms with Crippen molar-refractivity contribution in [1.82, 2.24) is 0 Å². The molecule has 0 bridgehead atoms. The van der Waals surface area contributed by atoms with Gasteiger partial charge < -0.3 is 19.7 Å². The number of anilines is 2. The summed E-state index contributed by atoms with van der Waals surface area (Å²) in [5, 5.41) is 3.44. The van der Waals surface area contributed by atoms with Crippen LogP contribution < -0.4 is 19.7 Å². The molecule has 2 amide bonds. The van der Waals surface area contributed by atoms with Gasteiger partial charge in [0, 0.05) is 10.7 Å². The van der Waals surface area contributed by atoms with Crippen molar-refractivity contribution in [3.8, 4) is 11.5 Å². The van der Waals surface area contributed by atoms with Crippen LogP contribution in [-0.4, -0.2) is 25.5 Å². The third-order valence-electron chi connectivity index (χ3n) is 4.80. The van der Waals surface area contributed by atoms with Crippen molar-refractivity contribution < 1.29 is 19.1 Å². The molecule has 4 rings (SSSR count). The molecule has 30 heavy (non-hydrogen) atoms.